The number of hydrogen-bond donors (Lipinski definition) is 1. The van der Waals surface area contributed by atoms with E-state index in [-0.39, 0.29) is 18.0 Å². The molecule has 0 aliphatic rings. The third-order valence-corrected chi connectivity index (χ3v) is 3.31. The molecule has 1 N–H and O–H groups in total. The summed E-state index contributed by atoms with van der Waals surface area (Å²) in [4.78, 5) is 0. The van der Waals surface area contributed by atoms with Gasteiger partial charge in [-0.3, -0.25) is 0 Å². The van der Waals surface area contributed by atoms with Crippen molar-refractivity contribution in [3.8, 4) is 5.75 Å². The average molecular weight is 287 g/mol. The van der Waals surface area contributed by atoms with Crippen LogP contribution in [0.15, 0.2) is 48.5 Å². The summed E-state index contributed by atoms with van der Waals surface area (Å²) in [7, 11) is 0. The summed E-state index contributed by atoms with van der Waals surface area (Å²) in [5.41, 5.74) is 1.84. The van der Waals surface area contributed by atoms with Gasteiger partial charge in [0.05, 0.1) is 6.10 Å². The van der Waals surface area contributed by atoms with Gasteiger partial charge < -0.3 is 10.1 Å². The minimum Gasteiger partial charge on any atom is -0.491 e. The first-order valence-electron chi connectivity index (χ1n) is 7.29. The number of halogens is 1. The Balaban J connectivity index is 1.94. The Bertz CT molecular complexity index is 566. The summed E-state index contributed by atoms with van der Waals surface area (Å²) >= 11 is 0. The summed E-state index contributed by atoms with van der Waals surface area (Å²) in [6.45, 7) is 6.59. The minimum atomic E-state index is -0.169. The van der Waals surface area contributed by atoms with Crippen molar-refractivity contribution in [2.24, 2.45) is 0 Å². The van der Waals surface area contributed by atoms with Crippen molar-refractivity contribution in [2.75, 3.05) is 0 Å². The normalized spacial score (nSPS) is 12.4. The Morgan fingerprint density at radius 3 is 2.29 bits per heavy atom. The molecule has 0 aromatic heterocycles. The molecule has 0 heterocycles. The zero-order chi connectivity index (χ0) is 15.2. The van der Waals surface area contributed by atoms with Crippen LogP contribution in [0.25, 0.3) is 0 Å². The predicted molar refractivity (Wildman–Crippen MR) is 83.9 cm³/mol. The molecule has 0 fully saturated rings. The smallest absolute Gasteiger partial charge is 0.127 e. The molecule has 0 bridgehead atoms. The van der Waals surface area contributed by atoms with Crippen LogP contribution in [0.2, 0.25) is 0 Å². The monoisotopic (exact) mass is 287 g/mol. The van der Waals surface area contributed by atoms with E-state index in [4.69, 9.17) is 4.74 Å². The van der Waals surface area contributed by atoms with Crippen molar-refractivity contribution in [3.63, 3.8) is 0 Å². The highest BCUT2D eigenvalue weighted by Gasteiger charge is 2.07. The molecule has 0 amide bonds. The van der Waals surface area contributed by atoms with Crippen molar-refractivity contribution in [3.05, 3.63) is 65.5 Å². The summed E-state index contributed by atoms with van der Waals surface area (Å²) in [5.74, 6) is 0.702. The van der Waals surface area contributed by atoms with Gasteiger partial charge in [-0.25, -0.2) is 4.39 Å². The second-order valence-electron chi connectivity index (χ2n) is 5.43. The second-order valence-corrected chi connectivity index (χ2v) is 5.43. The van der Waals surface area contributed by atoms with E-state index in [1.165, 1.54) is 6.07 Å². The third-order valence-electron chi connectivity index (χ3n) is 3.31. The van der Waals surface area contributed by atoms with Crippen molar-refractivity contribution in [1.82, 2.24) is 5.32 Å². The van der Waals surface area contributed by atoms with Crippen LogP contribution in [0, 0.1) is 5.82 Å². The van der Waals surface area contributed by atoms with E-state index >= 15 is 0 Å². The van der Waals surface area contributed by atoms with E-state index in [2.05, 4.69) is 12.2 Å². The van der Waals surface area contributed by atoms with Gasteiger partial charge in [0.15, 0.2) is 0 Å². The lowest BCUT2D eigenvalue weighted by Gasteiger charge is -2.16. The van der Waals surface area contributed by atoms with Gasteiger partial charge in [0.2, 0.25) is 0 Å². The van der Waals surface area contributed by atoms with Crippen LogP contribution in [-0.4, -0.2) is 6.10 Å². The molecule has 1 unspecified atom stereocenters. The number of nitrogens with one attached hydrogen (secondary N) is 1. The quantitative estimate of drug-likeness (QED) is 0.846. The molecule has 2 nitrogen and oxygen atoms in total. The summed E-state index contributed by atoms with van der Waals surface area (Å²) in [5, 5.41) is 3.34. The number of rotatable bonds is 6. The maximum atomic E-state index is 13.6. The molecule has 0 radical (unpaired) electrons. The van der Waals surface area contributed by atoms with E-state index in [0.29, 0.717) is 12.1 Å². The number of hydrogen-bond acceptors (Lipinski definition) is 2. The van der Waals surface area contributed by atoms with Crippen LogP contribution < -0.4 is 10.1 Å². The Kier molecular flexibility index (Phi) is 5.34. The van der Waals surface area contributed by atoms with Gasteiger partial charge in [-0.15, -0.1) is 0 Å². The number of benzene rings is 2. The standard InChI is InChI=1S/C18H22FNO/c1-13(2)21-17-10-8-15(9-11-17)14(3)20-12-16-6-4-5-7-18(16)19/h4-11,13-14,20H,12H2,1-3H3. The van der Waals surface area contributed by atoms with Crippen molar-refractivity contribution in [1.29, 1.82) is 0 Å². The summed E-state index contributed by atoms with van der Waals surface area (Å²) < 4.78 is 19.2. The molecule has 0 saturated heterocycles. The van der Waals surface area contributed by atoms with E-state index in [9.17, 15) is 4.39 Å². The molecule has 0 aliphatic carbocycles. The molecule has 0 saturated carbocycles. The highest BCUT2D eigenvalue weighted by molar-refractivity contribution is 5.29. The zero-order valence-corrected chi connectivity index (χ0v) is 12.8. The second kappa shape index (κ2) is 7.23. The summed E-state index contributed by atoms with van der Waals surface area (Å²) in [6.07, 6.45) is 0.174. The van der Waals surface area contributed by atoms with Gasteiger partial charge in [0.1, 0.15) is 11.6 Å². The van der Waals surface area contributed by atoms with Crippen LogP contribution in [0.5, 0.6) is 5.75 Å². The fourth-order valence-corrected chi connectivity index (χ4v) is 2.13. The molecule has 112 valence electrons. The zero-order valence-electron chi connectivity index (χ0n) is 12.8. The van der Waals surface area contributed by atoms with Crippen LogP contribution in [-0.2, 0) is 6.54 Å². The van der Waals surface area contributed by atoms with E-state index in [1.54, 1.807) is 12.1 Å². The Hall–Kier alpha value is -1.87. The van der Waals surface area contributed by atoms with Crippen molar-refractivity contribution >= 4 is 0 Å². The SMILES string of the molecule is CC(C)Oc1ccc(C(C)NCc2ccccc2F)cc1. The largest absolute Gasteiger partial charge is 0.491 e. The first kappa shape index (κ1) is 15.5. The maximum absolute atomic E-state index is 13.6. The molecular weight excluding hydrogens is 265 g/mol. The lowest BCUT2D eigenvalue weighted by molar-refractivity contribution is 0.242. The van der Waals surface area contributed by atoms with E-state index < -0.39 is 0 Å². The van der Waals surface area contributed by atoms with Gasteiger partial charge >= 0.3 is 0 Å². The van der Waals surface area contributed by atoms with Crippen LogP contribution in [0.3, 0.4) is 0 Å². The Labute approximate surface area is 126 Å². The molecule has 2 aromatic rings. The lowest BCUT2D eigenvalue weighted by Crippen LogP contribution is -2.18. The highest BCUT2D eigenvalue weighted by Crippen LogP contribution is 2.19. The van der Waals surface area contributed by atoms with Gasteiger partial charge in [-0.1, -0.05) is 30.3 Å². The van der Waals surface area contributed by atoms with Crippen molar-refractivity contribution < 1.29 is 9.13 Å². The molecule has 1 atom stereocenters. The number of ether oxygens (including phenoxy) is 1. The third kappa shape index (κ3) is 4.57. The van der Waals surface area contributed by atoms with Gasteiger partial charge in [-0.05, 0) is 44.5 Å². The van der Waals surface area contributed by atoms with Gasteiger partial charge in [-0.2, -0.15) is 0 Å². The molecule has 21 heavy (non-hydrogen) atoms. The molecule has 2 rings (SSSR count). The summed E-state index contributed by atoms with van der Waals surface area (Å²) in [6, 6.07) is 15.0. The van der Waals surface area contributed by atoms with Crippen LogP contribution in [0.4, 0.5) is 4.39 Å². The van der Waals surface area contributed by atoms with Gasteiger partial charge in [0.25, 0.3) is 0 Å². The van der Waals surface area contributed by atoms with Crippen molar-refractivity contribution in [2.45, 2.75) is 39.5 Å². The lowest BCUT2D eigenvalue weighted by atomic mass is 10.1. The van der Waals surface area contributed by atoms with E-state index in [0.717, 1.165) is 11.3 Å². The molecule has 2 aromatic carbocycles. The first-order valence-corrected chi connectivity index (χ1v) is 7.29. The molecule has 0 aliphatic heterocycles. The molecule has 0 spiro atoms. The first-order chi connectivity index (χ1) is 10.1. The molecule has 3 heteroatoms. The fraction of sp³-hybridized carbons (Fsp3) is 0.333. The fourth-order valence-electron chi connectivity index (χ4n) is 2.13. The van der Waals surface area contributed by atoms with Crippen LogP contribution >= 0.6 is 0 Å². The average Bonchev–Trinajstić information content (AvgIpc) is 2.46. The maximum Gasteiger partial charge on any atom is 0.127 e. The van der Waals surface area contributed by atoms with E-state index in [1.807, 2.05) is 44.2 Å². The highest BCUT2D eigenvalue weighted by atomic mass is 19.1. The Morgan fingerprint density at radius 2 is 1.67 bits per heavy atom. The topological polar surface area (TPSA) is 21.3 Å². The minimum absolute atomic E-state index is 0.151. The van der Waals surface area contributed by atoms with Gasteiger partial charge in [0, 0.05) is 18.2 Å². The Morgan fingerprint density at radius 1 is 1.00 bits per heavy atom. The molecular formula is C18H22FNO. The van der Waals surface area contributed by atoms with Crippen LogP contribution in [0.1, 0.15) is 37.9 Å². The predicted octanol–water partition coefficient (Wildman–Crippen LogP) is 4.46.